The zero-order valence-corrected chi connectivity index (χ0v) is 22.1. The number of ether oxygens (including phenoxy) is 1. The number of halogens is 6. The highest BCUT2D eigenvalue weighted by molar-refractivity contribution is 5.83. The van der Waals surface area contributed by atoms with E-state index in [-0.39, 0.29) is 25.1 Å². The predicted octanol–water partition coefficient (Wildman–Crippen LogP) is 6.68. The van der Waals surface area contributed by atoms with Crippen molar-refractivity contribution in [3.63, 3.8) is 0 Å². The molecule has 1 saturated heterocycles. The number of rotatable bonds is 7. The number of methoxy groups -OCH3 is 1. The van der Waals surface area contributed by atoms with Gasteiger partial charge in [-0.25, -0.2) is 0 Å². The van der Waals surface area contributed by atoms with Gasteiger partial charge < -0.3 is 9.84 Å². The van der Waals surface area contributed by atoms with E-state index < -0.39 is 40.9 Å². The molecule has 4 rings (SSSR count). The monoisotopic (exact) mass is 578 g/mol. The first-order chi connectivity index (χ1) is 19.3. The number of carbonyl (C=O) groups is 1. The van der Waals surface area contributed by atoms with Crippen molar-refractivity contribution >= 4 is 16.9 Å². The molecule has 0 spiro atoms. The fourth-order valence-corrected chi connectivity index (χ4v) is 5.20. The molecule has 1 N–H and O–H groups in total. The summed E-state index contributed by atoms with van der Waals surface area (Å²) < 4.78 is 83.9. The average molecular weight is 579 g/mol. The first-order valence-corrected chi connectivity index (χ1v) is 13.0. The van der Waals surface area contributed by atoms with Crippen molar-refractivity contribution in [1.29, 1.82) is 0 Å². The lowest BCUT2D eigenvalue weighted by molar-refractivity contribution is -0.146. The summed E-state index contributed by atoms with van der Waals surface area (Å²) in [5, 5.41) is 10.8. The molecule has 0 amide bonds. The van der Waals surface area contributed by atoms with Crippen molar-refractivity contribution in [2.24, 2.45) is 11.8 Å². The van der Waals surface area contributed by atoms with Crippen molar-refractivity contribution in [2.75, 3.05) is 26.7 Å². The molecule has 1 aromatic heterocycles. The van der Waals surface area contributed by atoms with Gasteiger partial charge in [0.05, 0.1) is 36.2 Å². The minimum absolute atomic E-state index is 0.0267. The molecular weight excluding hydrogens is 550 g/mol. The maximum Gasteiger partial charge on any atom is 0.416 e. The molecule has 41 heavy (non-hydrogen) atoms. The largest absolute Gasteiger partial charge is 0.497 e. The van der Waals surface area contributed by atoms with Gasteiger partial charge in [-0.3, -0.25) is 14.7 Å². The summed E-state index contributed by atoms with van der Waals surface area (Å²) >= 11 is 0. The van der Waals surface area contributed by atoms with E-state index >= 15 is 0 Å². The third kappa shape index (κ3) is 7.70. The topological polar surface area (TPSA) is 62.7 Å². The lowest BCUT2D eigenvalue weighted by Gasteiger charge is -2.35. The number of pyridine rings is 1. The third-order valence-electron chi connectivity index (χ3n) is 7.34. The van der Waals surface area contributed by atoms with Crippen LogP contribution in [0.2, 0.25) is 0 Å². The molecule has 2 heterocycles. The van der Waals surface area contributed by atoms with Gasteiger partial charge in [-0.15, -0.1) is 0 Å². The summed E-state index contributed by atoms with van der Waals surface area (Å²) in [5.41, 5.74) is -1.32. The van der Waals surface area contributed by atoms with Crippen LogP contribution in [0, 0.1) is 23.7 Å². The first-order valence-electron chi connectivity index (χ1n) is 13.0. The molecule has 1 aliphatic rings. The van der Waals surface area contributed by atoms with Crippen LogP contribution in [-0.4, -0.2) is 47.7 Å². The molecule has 0 bridgehead atoms. The fraction of sp³-hybridized carbons (Fsp3) is 0.400. The number of carboxylic acids is 1. The highest BCUT2D eigenvalue weighted by atomic mass is 19.4. The van der Waals surface area contributed by atoms with Crippen LogP contribution in [0.25, 0.3) is 10.9 Å². The Balaban J connectivity index is 1.38. The number of hydrogen-bond donors (Lipinski definition) is 1. The standard InChI is InChI=1S/C30H28F6N2O3/c1-41-24-7-8-27-25(17-24)20(9-11-37-27)5-2-6-21-10-13-38(18-26(21)28(39)40)12-3-4-19-14-22(29(31,32)33)16-23(15-19)30(34,35)36/h7-9,11,14-17,21,26H,2,5-6,10,12-13,18H2,1H3,(H,39,40)/t21-,26+/m1/s1. The molecule has 1 fully saturated rings. The number of piperidine rings is 1. The first kappa shape index (κ1) is 30.2. The predicted molar refractivity (Wildman–Crippen MR) is 140 cm³/mol. The summed E-state index contributed by atoms with van der Waals surface area (Å²) in [7, 11) is 1.59. The lowest BCUT2D eigenvalue weighted by Crippen LogP contribution is -2.44. The van der Waals surface area contributed by atoms with Gasteiger partial charge >= 0.3 is 18.3 Å². The zero-order valence-electron chi connectivity index (χ0n) is 22.1. The summed E-state index contributed by atoms with van der Waals surface area (Å²) in [4.78, 5) is 18.2. The van der Waals surface area contributed by atoms with E-state index in [9.17, 15) is 36.2 Å². The van der Waals surface area contributed by atoms with Crippen LogP contribution in [0.1, 0.15) is 41.5 Å². The minimum atomic E-state index is -4.95. The van der Waals surface area contributed by atoms with Gasteiger partial charge in [0.2, 0.25) is 0 Å². The van der Waals surface area contributed by atoms with Crippen LogP contribution in [0.15, 0.2) is 48.7 Å². The van der Waals surface area contributed by atoms with Crippen molar-refractivity contribution in [2.45, 2.75) is 38.0 Å². The van der Waals surface area contributed by atoms with Crippen molar-refractivity contribution in [3.8, 4) is 17.6 Å². The number of hydrogen-bond acceptors (Lipinski definition) is 4. The highest BCUT2D eigenvalue weighted by Crippen LogP contribution is 2.36. The Bertz CT molecular complexity index is 1430. The van der Waals surface area contributed by atoms with Gasteiger partial charge in [-0.2, -0.15) is 26.3 Å². The van der Waals surface area contributed by atoms with Gasteiger partial charge in [0.25, 0.3) is 0 Å². The van der Waals surface area contributed by atoms with E-state index in [0.29, 0.717) is 31.5 Å². The van der Waals surface area contributed by atoms with Crippen LogP contribution in [0.5, 0.6) is 5.75 Å². The molecule has 0 radical (unpaired) electrons. The van der Waals surface area contributed by atoms with Gasteiger partial charge in [0.1, 0.15) is 5.75 Å². The number of aryl methyl sites for hydroxylation is 1. The second kappa shape index (κ2) is 12.4. The Morgan fingerprint density at radius 2 is 1.78 bits per heavy atom. The summed E-state index contributed by atoms with van der Waals surface area (Å²) in [6.07, 6.45) is -5.38. The lowest BCUT2D eigenvalue weighted by atomic mass is 9.81. The number of nitrogens with zero attached hydrogens (tertiary/aromatic N) is 2. The molecule has 5 nitrogen and oxygen atoms in total. The molecule has 3 aromatic rings. The van der Waals surface area contributed by atoms with Crippen molar-refractivity contribution in [3.05, 3.63) is 70.9 Å². The van der Waals surface area contributed by atoms with E-state index in [0.717, 1.165) is 35.1 Å². The normalized spacial score (nSPS) is 18.1. The molecule has 2 aromatic carbocycles. The molecule has 2 atom stereocenters. The molecule has 0 saturated carbocycles. The van der Waals surface area contributed by atoms with E-state index in [2.05, 4.69) is 16.8 Å². The highest BCUT2D eigenvalue weighted by Gasteiger charge is 2.37. The van der Waals surface area contributed by atoms with E-state index in [4.69, 9.17) is 4.74 Å². The van der Waals surface area contributed by atoms with Gasteiger partial charge in [-0.1, -0.05) is 11.8 Å². The smallest absolute Gasteiger partial charge is 0.416 e. The second-order valence-electron chi connectivity index (χ2n) is 10.1. The van der Waals surface area contributed by atoms with Gasteiger partial charge in [0.15, 0.2) is 0 Å². The maximum atomic E-state index is 13.1. The van der Waals surface area contributed by atoms with Gasteiger partial charge in [0, 0.05) is 23.7 Å². The van der Waals surface area contributed by atoms with E-state index in [1.807, 2.05) is 24.3 Å². The number of aliphatic carboxylic acids is 1. The number of likely N-dealkylation sites (tertiary alicyclic amines) is 1. The van der Waals surface area contributed by atoms with Crippen molar-refractivity contribution < 1.29 is 41.0 Å². The molecule has 1 aliphatic heterocycles. The minimum Gasteiger partial charge on any atom is -0.497 e. The van der Waals surface area contributed by atoms with Crippen LogP contribution in [0.3, 0.4) is 0 Å². The number of benzene rings is 2. The van der Waals surface area contributed by atoms with Crippen LogP contribution in [0.4, 0.5) is 26.3 Å². The summed E-state index contributed by atoms with van der Waals surface area (Å²) in [6, 6.07) is 8.82. The van der Waals surface area contributed by atoms with Crippen molar-refractivity contribution in [1.82, 2.24) is 9.88 Å². The Labute approximate surface area is 233 Å². The maximum absolute atomic E-state index is 13.1. The number of alkyl halides is 6. The quantitative estimate of drug-likeness (QED) is 0.251. The number of aromatic nitrogens is 1. The molecule has 218 valence electrons. The Kier molecular flexibility index (Phi) is 9.12. The fourth-order valence-electron chi connectivity index (χ4n) is 5.20. The molecule has 0 unspecified atom stereocenters. The average Bonchev–Trinajstić information content (AvgIpc) is 2.92. The number of carboxylic acid groups (broad SMARTS) is 1. The molecular formula is C30H28F6N2O3. The zero-order chi connectivity index (χ0) is 29.8. The molecule has 0 aliphatic carbocycles. The van der Waals surface area contributed by atoms with E-state index in [1.54, 1.807) is 18.2 Å². The second-order valence-corrected chi connectivity index (χ2v) is 10.1. The molecule has 11 heteroatoms. The van der Waals surface area contributed by atoms with Crippen LogP contribution in [-0.2, 0) is 23.6 Å². The SMILES string of the molecule is COc1ccc2nccc(CCC[C@@H]3CCN(CC#Cc4cc(C(F)(F)F)cc(C(F)(F)F)c4)C[C@@H]3C(=O)O)c2c1. The Hall–Kier alpha value is -3.78. The van der Waals surface area contributed by atoms with Crippen LogP contribution < -0.4 is 4.74 Å². The number of fused-ring (bicyclic) bond motifs is 1. The van der Waals surface area contributed by atoms with Crippen LogP contribution >= 0.6 is 0 Å². The third-order valence-corrected chi connectivity index (χ3v) is 7.34. The Morgan fingerprint density at radius 1 is 1.07 bits per heavy atom. The van der Waals surface area contributed by atoms with Gasteiger partial charge in [-0.05, 0) is 86.2 Å². The Morgan fingerprint density at radius 3 is 2.41 bits per heavy atom. The summed E-state index contributed by atoms with van der Waals surface area (Å²) in [5.74, 6) is 4.07. The van der Waals surface area contributed by atoms with E-state index in [1.165, 1.54) is 0 Å². The summed E-state index contributed by atoms with van der Waals surface area (Å²) in [6.45, 7) is 0.744.